The molecule has 0 amide bonds. The normalized spacial score (nSPS) is 18.5. The van der Waals surface area contributed by atoms with Crippen LogP contribution >= 0.6 is 0 Å². The first kappa shape index (κ1) is 11.2. The molecule has 1 nitrogen and oxygen atoms in total. The number of nitrogens with zero attached hydrogens (tertiary/aromatic N) is 1. The van der Waals surface area contributed by atoms with Crippen LogP contribution in [-0.2, 0) is 5.41 Å². The highest BCUT2D eigenvalue weighted by molar-refractivity contribution is 5.22. The molecular formula is C13H21N. The molecule has 2 rings (SSSR count). The zero-order valence-electron chi connectivity index (χ0n) is 9.59. The summed E-state index contributed by atoms with van der Waals surface area (Å²) in [7, 11) is 0. The summed E-state index contributed by atoms with van der Waals surface area (Å²) in [5.41, 5.74) is 1.91. The maximum absolute atomic E-state index is 4.05. The Kier molecular flexibility index (Phi) is 4.12. The third kappa shape index (κ3) is 2.34. The molecule has 14 heavy (non-hydrogen) atoms. The van der Waals surface area contributed by atoms with Crippen molar-refractivity contribution in [1.29, 1.82) is 0 Å². The Labute approximate surface area is 87.6 Å². The van der Waals surface area contributed by atoms with Crippen LogP contribution in [0.15, 0.2) is 24.5 Å². The van der Waals surface area contributed by atoms with Gasteiger partial charge in [0.2, 0.25) is 0 Å². The largest absolute Gasteiger partial charge is 0.265 e. The van der Waals surface area contributed by atoms with E-state index in [1.165, 1.54) is 31.2 Å². The second-order valence-corrected chi connectivity index (χ2v) is 4.00. The van der Waals surface area contributed by atoms with Gasteiger partial charge in [0.25, 0.3) is 0 Å². The summed E-state index contributed by atoms with van der Waals surface area (Å²) in [5, 5.41) is 0. The quantitative estimate of drug-likeness (QED) is 0.655. The zero-order chi connectivity index (χ0) is 10.4. The van der Waals surface area contributed by atoms with E-state index in [2.05, 4.69) is 24.0 Å². The molecule has 0 bridgehead atoms. The average molecular weight is 191 g/mol. The smallest absolute Gasteiger partial charge is 0.0270 e. The van der Waals surface area contributed by atoms with Crippen molar-refractivity contribution in [1.82, 2.24) is 4.98 Å². The fraction of sp³-hybridized carbons (Fsp3) is 0.615. The number of hydrogen-bond donors (Lipinski definition) is 0. The van der Waals surface area contributed by atoms with E-state index in [0.29, 0.717) is 5.41 Å². The molecule has 0 N–H and O–H groups in total. The topological polar surface area (TPSA) is 12.9 Å². The first-order valence-electron chi connectivity index (χ1n) is 5.72. The molecule has 0 radical (unpaired) electrons. The molecule has 0 unspecified atom stereocenters. The monoisotopic (exact) mass is 191 g/mol. The van der Waals surface area contributed by atoms with Crippen molar-refractivity contribution in [3.05, 3.63) is 30.1 Å². The second kappa shape index (κ2) is 5.14. The minimum Gasteiger partial charge on any atom is -0.265 e. The maximum Gasteiger partial charge on any atom is 0.0270 e. The van der Waals surface area contributed by atoms with Gasteiger partial charge in [-0.15, -0.1) is 0 Å². The number of aromatic nitrogens is 1. The standard InChI is InChI=1S/C11H15N.C2H6/c1-11(6-2-3-7-11)10-4-8-12-9-5-10;1-2/h4-5,8-9H,2-3,6-7H2,1H3;1-2H3. The molecule has 1 heterocycles. The molecular weight excluding hydrogens is 170 g/mol. The van der Waals surface area contributed by atoms with Crippen LogP contribution in [0.1, 0.15) is 52.0 Å². The third-order valence-electron chi connectivity index (χ3n) is 3.08. The van der Waals surface area contributed by atoms with Gasteiger partial charge in [-0.3, -0.25) is 4.98 Å². The number of pyridine rings is 1. The van der Waals surface area contributed by atoms with Crippen LogP contribution in [0.25, 0.3) is 0 Å². The van der Waals surface area contributed by atoms with Crippen molar-refractivity contribution in [3.8, 4) is 0 Å². The van der Waals surface area contributed by atoms with Gasteiger partial charge >= 0.3 is 0 Å². The van der Waals surface area contributed by atoms with Crippen LogP contribution in [0.3, 0.4) is 0 Å². The van der Waals surface area contributed by atoms with Gasteiger partial charge in [-0.1, -0.05) is 33.6 Å². The van der Waals surface area contributed by atoms with Crippen molar-refractivity contribution in [3.63, 3.8) is 0 Å². The molecule has 1 aliphatic rings. The fourth-order valence-electron chi connectivity index (χ4n) is 2.20. The van der Waals surface area contributed by atoms with Gasteiger partial charge in [-0.2, -0.15) is 0 Å². The van der Waals surface area contributed by atoms with Gasteiger partial charge in [-0.05, 0) is 36.0 Å². The summed E-state index contributed by atoms with van der Waals surface area (Å²) in [6.07, 6.45) is 9.27. The van der Waals surface area contributed by atoms with E-state index in [0.717, 1.165) is 0 Å². The number of hydrogen-bond acceptors (Lipinski definition) is 1. The molecule has 0 aromatic carbocycles. The number of rotatable bonds is 1. The fourth-order valence-corrected chi connectivity index (χ4v) is 2.20. The SMILES string of the molecule is CC.CC1(c2ccncc2)CCCC1. The van der Waals surface area contributed by atoms with Crippen molar-refractivity contribution in [2.45, 2.75) is 51.9 Å². The van der Waals surface area contributed by atoms with E-state index in [1.54, 1.807) is 0 Å². The lowest BCUT2D eigenvalue weighted by molar-refractivity contribution is 0.491. The second-order valence-electron chi connectivity index (χ2n) is 4.00. The predicted octanol–water partition coefficient (Wildman–Crippen LogP) is 3.94. The third-order valence-corrected chi connectivity index (χ3v) is 3.08. The minimum absolute atomic E-state index is 0.447. The van der Waals surface area contributed by atoms with E-state index in [4.69, 9.17) is 0 Å². The van der Waals surface area contributed by atoms with Gasteiger partial charge in [0.15, 0.2) is 0 Å². The molecule has 78 valence electrons. The van der Waals surface area contributed by atoms with E-state index in [-0.39, 0.29) is 0 Å². The van der Waals surface area contributed by atoms with Gasteiger partial charge in [0, 0.05) is 12.4 Å². The van der Waals surface area contributed by atoms with E-state index < -0.39 is 0 Å². The summed E-state index contributed by atoms with van der Waals surface area (Å²) in [5.74, 6) is 0. The molecule has 1 heteroatoms. The Bertz CT molecular complexity index is 247. The van der Waals surface area contributed by atoms with Gasteiger partial charge in [-0.25, -0.2) is 0 Å². The van der Waals surface area contributed by atoms with Crippen LogP contribution in [0.5, 0.6) is 0 Å². The molecule has 1 aliphatic carbocycles. The van der Waals surface area contributed by atoms with Crippen LogP contribution < -0.4 is 0 Å². The van der Waals surface area contributed by atoms with Crippen LogP contribution in [0.4, 0.5) is 0 Å². The Morgan fingerprint density at radius 2 is 1.57 bits per heavy atom. The Morgan fingerprint density at radius 1 is 1.07 bits per heavy atom. The summed E-state index contributed by atoms with van der Waals surface area (Å²) < 4.78 is 0. The summed E-state index contributed by atoms with van der Waals surface area (Å²) >= 11 is 0. The minimum atomic E-state index is 0.447. The predicted molar refractivity (Wildman–Crippen MR) is 61.4 cm³/mol. The Morgan fingerprint density at radius 3 is 2.07 bits per heavy atom. The highest BCUT2D eigenvalue weighted by Crippen LogP contribution is 2.39. The lowest BCUT2D eigenvalue weighted by Crippen LogP contribution is -2.16. The molecule has 0 atom stereocenters. The van der Waals surface area contributed by atoms with Crippen molar-refractivity contribution < 1.29 is 0 Å². The molecule has 1 fully saturated rings. The average Bonchev–Trinajstić information content (AvgIpc) is 2.71. The molecule has 1 saturated carbocycles. The molecule has 0 saturated heterocycles. The van der Waals surface area contributed by atoms with Crippen LogP contribution in [0.2, 0.25) is 0 Å². The maximum atomic E-state index is 4.05. The summed E-state index contributed by atoms with van der Waals surface area (Å²) in [4.78, 5) is 4.05. The highest BCUT2D eigenvalue weighted by atomic mass is 14.6. The van der Waals surface area contributed by atoms with Crippen molar-refractivity contribution in [2.75, 3.05) is 0 Å². The zero-order valence-corrected chi connectivity index (χ0v) is 9.59. The van der Waals surface area contributed by atoms with Gasteiger partial charge < -0.3 is 0 Å². The lowest BCUT2D eigenvalue weighted by atomic mass is 9.82. The first-order chi connectivity index (χ1) is 6.81. The molecule has 1 aromatic rings. The van der Waals surface area contributed by atoms with Crippen molar-refractivity contribution >= 4 is 0 Å². The Hall–Kier alpha value is -0.850. The Balaban J connectivity index is 0.000000461. The van der Waals surface area contributed by atoms with Crippen molar-refractivity contribution in [2.24, 2.45) is 0 Å². The lowest BCUT2D eigenvalue weighted by Gasteiger charge is -2.23. The molecule has 0 aliphatic heterocycles. The van der Waals surface area contributed by atoms with E-state index in [1.807, 2.05) is 26.2 Å². The van der Waals surface area contributed by atoms with Crippen LogP contribution in [-0.4, -0.2) is 4.98 Å². The van der Waals surface area contributed by atoms with E-state index >= 15 is 0 Å². The van der Waals surface area contributed by atoms with E-state index in [9.17, 15) is 0 Å². The summed E-state index contributed by atoms with van der Waals surface area (Å²) in [6.45, 7) is 6.37. The summed E-state index contributed by atoms with van der Waals surface area (Å²) in [6, 6.07) is 4.32. The highest BCUT2D eigenvalue weighted by Gasteiger charge is 2.29. The van der Waals surface area contributed by atoms with Gasteiger partial charge in [0.1, 0.15) is 0 Å². The molecule has 0 spiro atoms. The first-order valence-corrected chi connectivity index (χ1v) is 5.72. The van der Waals surface area contributed by atoms with Gasteiger partial charge in [0.05, 0.1) is 0 Å². The van der Waals surface area contributed by atoms with Crippen LogP contribution in [0, 0.1) is 0 Å². The molecule has 1 aromatic heterocycles.